The van der Waals surface area contributed by atoms with Gasteiger partial charge in [0.15, 0.2) is 0 Å². The molecule has 1 aromatic carbocycles. The largest absolute Gasteiger partial charge is 0.386 e. The molecule has 2 atom stereocenters. The molecular formula is C14H20ClNO2. The second-order valence-corrected chi connectivity index (χ2v) is 5.36. The maximum atomic E-state index is 10.2. The van der Waals surface area contributed by atoms with Crippen molar-refractivity contribution in [3.05, 3.63) is 34.9 Å². The lowest BCUT2D eigenvalue weighted by molar-refractivity contribution is 0.0246. The van der Waals surface area contributed by atoms with Crippen molar-refractivity contribution < 1.29 is 9.84 Å². The van der Waals surface area contributed by atoms with Gasteiger partial charge in [-0.2, -0.15) is 0 Å². The van der Waals surface area contributed by atoms with Gasteiger partial charge in [-0.15, -0.1) is 0 Å². The molecule has 4 heteroatoms. The first-order valence-corrected chi connectivity index (χ1v) is 6.80. The molecule has 0 saturated carbocycles. The summed E-state index contributed by atoms with van der Waals surface area (Å²) in [6.07, 6.45) is 1.68. The molecule has 0 radical (unpaired) electrons. The number of benzene rings is 1. The minimum Gasteiger partial charge on any atom is -0.386 e. The van der Waals surface area contributed by atoms with Crippen LogP contribution >= 0.6 is 11.6 Å². The second-order valence-electron chi connectivity index (χ2n) is 4.92. The summed E-state index contributed by atoms with van der Waals surface area (Å²) >= 11 is 5.89. The molecule has 2 rings (SSSR count). The zero-order valence-corrected chi connectivity index (χ0v) is 11.4. The molecule has 1 saturated heterocycles. The molecule has 3 nitrogen and oxygen atoms in total. The molecule has 18 heavy (non-hydrogen) atoms. The third-order valence-electron chi connectivity index (χ3n) is 3.44. The van der Waals surface area contributed by atoms with Crippen molar-refractivity contribution in [2.24, 2.45) is 0 Å². The Morgan fingerprint density at radius 1 is 1.44 bits per heavy atom. The van der Waals surface area contributed by atoms with Crippen molar-refractivity contribution >= 4 is 11.6 Å². The molecule has 0 aliphatic carbocycles. The van der Waals surface area contributed by atoms with E-state index >= 15 is 0 Å². The maximum absolute atomic E-state index is 10.2. The molecule has 1 aromatic rings. The van der Waals surface area contributed by atoms with Crippen LogP contribution < -0.4 is 5.32 Å². The number of nitrogens with one attached hydrogen (secondary N) is 1. The van der Waals surface area contributed by atoms with E-state index in [9.17, 15) is 5.11 Å². The molecule has 0 bridgehead atoms. The standard InChI is InChI=1S/C14H20ClNO2/c1-2-13(11-3-5-12(15)6-4-11)16-9-14(17)7-8-18-10-14/h3-6,13,16-17H,2,7-10H2,1H3. The predicted octanol–water partition coefficient (Wildman–Crippen LogP) is 2.53. The molecule has 1 fully saturated rings. The predicted molar refractivity (Wildman–Crippen MR) is 72.9 cm³/mol. The van der Waals surface area contributed by atoms with Crippen LogP contribution in [0, 0.1) is 0 Å². The first-order valence-electron chi connectivity index (χ1n) is 6.42. The maximum Gasteiger partial charge on any atom is 0.103 e. The van der Waals surface area contributed by atoms with Crippen molar-refractivity contribution in [3.63, 3.8) is 0 Å². The third-order valence-corrected chi connectivity index (χ3v) is 3.69. The van der Waals surface area contributed by atoms with Crippen LogP contribution in [-0.4, -0.2) is 30.5 Å². The van der Waals surface area contributed by atoms with E-state index in [1.54, 1.807) is 0 Å². The third kappa shape index (κ3) is 3.45. The number of aliphatic hydroxyl groups is 1. The highest BCUT2D eigenvalue weighted by Crippen LogP contribution is 2.22. The molecular weight excluding hydrogens is 250 g/mol. The fraction of sp³-hybridized carbons (Fsp3) is 0.571. The van der Waals surface area contributed by atoms with Crippen molar-refractivity contribution in [2.45, 2.75) is 31.4 Å². The lowest BCUT2D eigenvalue weighted by atomic mass is 10.0. The van der Waals surface area contributed by atoms with Crippen LogP contribution in [0.15, 0.2) is 24.3 Å². The average Bonchev–Trinajstić information content (AvgIpc) is 2.79. The molecule has 1 aliphatic rings. The number of hydrogen-bond donors (Lipinski definition) is 2. The van der Waals surface area contributed by atoms with E-state index in [2.05, 4.69) is 12.2 Å². The van der Waals surface area contributed by atoms with Gasteiger partial charge in [-0.05, 0) is 24.1 Å². The summed E-state index contributed by atoms with van der Waals surface area (Å²) in [6, 6.07) is 8.09. The van der Waals surface area contributed by atoms with E-state index in [4.69, 9.17) is 16.3 Å². The molecule has 1 heterocycles. The topological polar surface area (TPSA) is 41.5 Å². The smallest absolute Gasteiger partial charge is 0.103 e. The zero-order valence-electron chi connectivity index (χ0n) is 10.7. The molecule has 1 aliphatic heterocycles. The van der Waals surface area contributed by atoms with Gasteiger partial charge in [-0.3, -0.25) is 0 Å². The van der Waals surface area contributed by atoms with Gasteiger partial charge in [0, 0.05) is 30.6 Å². The summed E-state index contributed by atoms with van der Waals surface area (Å²) in [5, 5.41) is 14.4. The highest BCUT2D eigenvalue weighted by atomic mass is 35.5. The Kier molecular flexibility index (Phi) is 4.62. The highest BCUT2D eigenvalue weighted by molar-refractivity contribution is 6.30. The van der Waals surface area contributed by atoms with Gasteiger partial charge < -0.3 is 15.2 Å². The summed E-state index contributed by atoms with van der Waals surface area (Å²) in [5.41, 5.74) is 0.490. The van der Waals surface area contributed by atoms with Gasteiger partial charge in [0.1, 0.15) is 5.60 Å². The first kappa shape index (κ1) is 13.8. The van der Waals surface area contributed by atoms with Gasteiger partial charge >= 0.3 is 0 Å². The highest BCUT2D eigenvalue weighted by Gasteiger charge is 2.32. The number of rotatable bonds is 5. The summed E-state index contributed by atoms with van der Waals surface area (Å²) in [4.78, 5) is 0. The minimum atomic E-state index is -0.708. The van der Waals surface area contributed by atoms with Gasteiger partial charge in [0.05, 0.1) is 6.61 Å². The van der Waals surface area contributed by atoms with Crippen molar-refractivity contribution in [1.82, 2.24) is 5.32 Å². The Morgan fingerprint density at radius 3 is 2.72 bits per heavy atom. The summed E-state index contributed by atoms with van der Waals surface area (Å²) < 4.78 is 5.24. The molecule has 100 valence electrons. The van der Waals surface area contributed by atoms with Crippen LogP contribution in [0.5, 0.6) is 0 Å². The summed E-state index contributed by atoms with van der Waals surface area (Å²) in [7, 11) is 0. The Bertz CT molecular complexity index is 374. The van der Waals surface area contributed by atoms with Crippen LogP contribution in [0.3, 0.4) is 0 Å². The number of halogens is 1. The van der Waals surface area contributed by atoms with E-state index in [0.717, 1.165) is 11.4 Å². The van der Waals surface area contributed by atoms with Crippen molar-refractivity contribution in [3.8, 4) is 0 Å². The Labute approximate surface area is 113 Å². The monoisotopic (exact) mass is 269 g/mol. The molecule has 2 unspecified atom stereocenters. The minimum absolute atomic E-state index is 0.242. The molecule has 2 N–H and O–H groups in total. The lowest BCUT2D eigenvalue weighted by Gasteiger charge is -2.25. The van der Waals surface area contributed by atoms with E-state index in [0.29, 0.717) is 26.2 Å². The normalized spacial score (nSPS) is 25.3. The number of ether oxygens (including phenoxy) is 1. The first-order chi connectivity index (χ1) is 8.63. The van der Waals surface area contributed by atoms with Crippen LogP contribution in [0.2, 0.25) is 5.02 Å². The fourth-order valence-electron chi connectivity index (χ4n) is 2.24. The van der Waals surface area contributed by atoms with Crippen molar-refractivity contribution in [1.29, 1.82) is 0 Å². The Morgan fingerprint density at radius 2 is 2.17 bits per heavy atom. The van der Waals surface area contributed by atoms with Gasteiger partial charge in [0.2, 0.25) is 0 Å². The molecule has 0 spiro atoms. The quantitative estimate of drug-likeness (QED) is 0.863. The van der Waals surface area contributed by atoms with E-state index < -0.39 is 5.60 Å². The van der Waals surface area contributed by atoms with Gasteiger partial charge in [-0.25, -0.2) is 0 Å². The van der Waals surface area contributed by atoms with E-state index in [1.807, 2.05) is 24.3 Å². The fourth-order valence-corrected chi connectivity index (χ4v) is 2.37. The summed E-state index contributed by atoms with van der Waals surface area (Å²) in [5.74, 6) is 0. The second kappa shape index (κ2) is 6.02. The zero-order chi connectivity index (χ0) is 13.0. The van der Waals surface area contributed by atoms with Gasteiger partial charge in [0.25, 0.3) is 0 Å². The molecule has 0 amide bonds. The lowest BCUT2D eigenvalue weighted by Crippen LogP contribution is -2.42. The molecule has 0 aromatic heterocycles. The SMILES string of the molecule is CCC(NCC1(O)CCOC1)c1ccc(Cl)cc1. The van der Waals surface area contributed by atoms with Crippen LogP contribution in [-0.2, 0) is 4.74 Å². The van der Waals surface area contributed by atoms with Crippen LogP contribution in [0.1, 0.15) is 31.4 Å². The van der Waals surface area contributed by atoms with Crippen LogP contribution in [0.4, 0.5) is 0 Å². The Balaban J connectivity index is 1.95. The average molecular weight is 270 g/mol. The van der Waals surface area contributed by atoms with E-state index in [-0.39, 0.29) is 6.04 Å². The van der Waals surface area contributed by atoms with E-state index in [1.165, 1.54) is 5.56 Å². The number of hydrogen-bond acceptors (Lipinski definition) is 3. The summed E-state index contributed by atoms with van der Waals surface area (Å²) in [6.45, 7) is 3.77. The van der Waals surface area contributed by atoms with Crippen LogP contribution in [0.25, 0.3) is 0 Å². The van der Waals surface area contributed by atoms with Gasteiger partial charge in [-0.1, -0.05) is 30.7 Å². The Hall–Kier alpha value is -0.610. The van der Waals surface area contributed by atoms with Crippen molar-refractivity contribution in [2.75, 3.05) is 19.8 Å².